The van der Waals surface area contributed by atoms with Crippen LogP contribution in [0.1, 0.15) is 25.1 Å². The second-order valence-electron chi connectivity index (χ2n) is 5.00. The zero-order chi connectivity index (χ0) is 13.9. The van der Waals surface area contributed by atoms with Crippen LogP contribution in [0, 0.1) is 0 Å². The third-order valence-electron chi connectivity index (χ3n) is 3.71. The summed E-state index contributed by atoms with van der Waals surface area (Å²) in [5.74, 6) is 1.31. The van der Waals surface area contributed by atoms with E-state index in [0.717, 1.165) is 42.9 Å². The van der Waals surface area contributed by atoms with Crippen LogP contribution in [0.25, 0.3) is 11.2 Å². The van der Waals surface area contributed by atoms with E-state index in [2.05, 4.69) is 9.97 Å². The number of pyridine rings is 1. The van der Waals surface area contributed by atoms with Crippen molar-refractivity contribution < 1.29 is 4.79 Å². The average molecular weight is 293 g/mol. The molecule has 0 spiro atoms. The lowest BCUT2D eigenvalue weighted by Gasteiger charge is -2.15. The van der Waals surface area contributed by atoms with Crippen molar-refractivity contribution in [1.29, 1.82) is 0 Å². The van der Waals surface area contributed by atoms with E-state index in [1.165, 1.54) is 0 Å². The number of aryl methyl sites for hydroxylation is 1. The topological polar surface area (TPSA) is 51.0 Å². The van der Waals surface area contributed by atoms with Crippen LogP contribution < -0.4 is 0 Å². The fraction of sp³-hybridized carbons (Fsp3) is 0.500. The van der Waals surface area contributed by atoms with Gasteiger partial charge in [0.2, 0.25) is 5.91 Å². The van der Waals surface area contributed by atoms with Gasteiger partial charge < -0.3 is 9.47 Å². The van der Waals surface area contributed by atoms with Crippen LogP contribution in [0.3, 0.4) is 0 Å². The van der Waals surface area contributed by atoms with Crippen molar-refractivity contribution in [1.82, 2.24) is 19.4 Å². The summed E-state index contributed by atoms with van der Waals surface area (Å²) < 4.78 is 1.95. The first-order chi connectivity index (χ1) is 9.79. The first-order valence-corrected chi connectivity index (χ1v) is 7.47. The Morgan fingerprint density at radius 2 is 2.15 bits per heavy atom. The normalized spacial score (nSPS) is 15.2. The molecule has 2 aromatic rings. The Morgan fingerprint density at radius 1 is 1.35 bits per heavy atom. The van der Waals surface area contributed by atoms with Crippen molar-refractivity contribution in [3.8, 4) is 0 Å². The molecule has 0 atom stereocenters. The molecule has 0 radical (unpaired) electrons. The third kappa shape index (κ3) is 2.50. The van der Waals surface area contributed by atoms with Crippen molar-refractivity contribution >= 4 is 28.7 Å². The summed E-state index contributed by atoms with van der Waals surface area (Å²) in [7, 11) is 0. The SMILES string of the molecule is O=C(CCn1c(CCl)nc2cccnc21)N1CCCC1. The second-order valence-corrected chi connectivity index (χ2v) is 5.26. The molecule has 0 bridgehead atoms. The minimum absolute atomic E-state index is 0.209. The molecule has 20 heavy (non-hydrogen) atoms. The van der Waals surface area contributed by atoms with E-state index in [1.54, 1.807) is 6.20 Å². The Morgan fingerprint density at radius 3 is 2.90 bits per heavy atom. The quantitative estimate of drug-likeness (QED) is 0.812. The van der Waals surface area contributed by atoms with Crippen molar-refractivity contribution in [3.63, 3.8) is 0 Å². The summed E-state index contributed by atoms with van der Waals surface area (Å²) in [5.41, 5.74) is 1.63. The van der Waals surface area contributed by atoms with Crippen LogP contribution in [-0.2, 0) is 17.2 Å². The minimum Gasteiger partial charge on any atom is -0.343 e. The molecule has 0 aliphatic carbocycles. The number of fused-ring (bicyclic) bond motifs is 1. The van der Waals surface area contributed by atoms with Gasteiger partial charge >= 0.3 is 0 Å². The molecule has 106 valence electrons. The predicted molar refractivity (Wildman–Crippen MR) is 77.5 cm³/mol. The van der Waals surface area contributed by atoms with Crippen molar-refractivity contribution in [3.05, 3.63) is 24.2 Å². The summed E-state index contributed by atoms with van der Waals surface area (Å²) in [6, 6.07) is 3.77. The lowest BCUT2D eigenvalue weighted by Crippen LogP contribution is -2.28. The largest absolute Gasteiger partial charge is 0.343 e. The molecular formula is C14H17ClN4O. The molecule has 1 aliphatic rings. The summed E-state index contributed by atoms with van der Waals surface area (Å²) in [6.07, 6.45) is 4.45. The Balaban J connectivity index is 1.77. The van der Waals surface area contributed by atoms with E-state index in [0.29, 0.717) is 18.8 Å². The lowest BCUT2D eigenvalue weighted by molar-refractivity contribution is -0.130. The molecule has 3 heterocycles. The maximum atomic E-state index is 12.1. The standard InChI is InChI=1S/C14H17ClN4O/c15-10-12-17-11-4-3-6-16-14(11)19(12)9-5-13(20)18-7-1-2-8-18/h3-4,6H,1-2,5,7-10H2. The van der Waals surface area contributed by atoms with Gasteiger partial charge in [-0.25, -0.2) is 9.97 Å². The number of imidazole rings is 1. The highest BCUT2D eigenvalue weighted by molar-refractivity contribution is 6.16. The predicted octanol–water partition coefficient (Wildman–Crippen LogP) is 2.18. The summed E-state index contributed by atoms with van der Waals surface area (Å²) >= 11 is 5.94. The molecule has 1 aliphatic heterocycles. The van der Waals surface area contributed by atoms with Gasteiger partial charge in [0, 0.05) is 32.3 Å². The second kappa shape index (κ2) is 5.79. The highest BCUT2D eigenvalue weighted by Gasteiger charge is 2.18. The zero-order valence-corrected chi connectivity index (χ0v) is 12.0. The van der Waals surface area contributed by atoms with E-state index in [-0.39, 0.29) is 5.91 Å². The number of alkyl halides is 1. The maximum absolute atomic E-state index is 12.1. The number of hydrogen-bond acceptors (Lipinski definition) is 3. The highest BCUT2D eigenvalue weighted by Crippen LogP contribution is 2.16. The lowest BCUT2D eigenvalue weighted by atomic mass is 10.3. The Kier molecular flexibility index (Phi) is 3.87. The number of nitrogens with zero attached hydrogens (tertiary/aromatic N) is 4. The number of carbonyl (C=O) groups excluding carboxylic acids is 1. The molecule has 6 heteroatoms. The van der Waals surface area contributed by atoms with Crippen molar-refractivity contribution in [2.75, 3.05) is 13.1 Å². The maximum Gasteiger partial charge on any atom is 0.224 e. The van der Waals surface area contributed by atoms with Gasteiger partial charge in [0.1, 0.15) is 11.3 Å². The first kappa shape index (κ1) is 13.4. The van der Waals surface area contributed by atoms with Crippen LogP contribution in [0.15, 0.2) is 18.3 Å². The molecule has 3 rings (SSSR count). The number of aromatic nitrogens is 3. The number of carbonyl (C=O) groups is 1. The molecule has 0 aromatic carbocycles. The number of likely N-dealkylation sites (tertiary alicyclic amines) is 1. The Bertz CT molecular complexity index is 619. The van der Waals surface area contributed by atoms with Crippen LogP contribution in [-0.4, -0.2) is 38.4 Å². The molecular weight excluding hydrogens is 276 g/mol. The van der Waals surface area contributed by atoms with Crippen LogP contribution in [0.5, 0.6) is 0 Å². The van der Waals surface area contributed by atoms with Crippen LogP contribution in [0.2, 0.25) is 0 Å². The molecule has 0 unspecified atom stereocenters. The van der Waals surface area contributed by atoms with E-state index in [1.807, 2.05) is 21.6 Å². The van der Waals surface area contributed by atoms with Gasteiger partial charge in [-0.2, -0.15) is 0 Å². The third-order valence-corrected chi connectivity index (χ3v) is 3.95. The molecule has 2 aromatic heterocycles. The van der Waals surface area contributed by atoms with Gasteiger partial charge in [0.15, 0.2) is 5.65 Å². The average Bonchev–Trinajstić information content (AvgIpc) is 3.12. The summed E-state index contributed by atoms with van der Waals surface area (Å²) in [4.78, 5) is 22.8. The first-order valence-electron chi connectivity index (χ1n) is 6.93. The smallest absolute Gasteiger partial charge is 0.224 e. The Labute approximate surface area is 122 Å². The highest BCUT2D eigenvalue weighted by atomic mass is 35.5. The minimum atomic E-state index is 0.209. The van der Waals surface area contributed by atoms with Gasteiger partial charge in [0.25, 0.3) is 0 Å². The van der Waals surface area contributed by atoms with E-state index < -0.39 is 0 Å². The van der Waals surface area contributed by atoms with Crippen molar-refractivity contribution in [2.24, 2.45) is 0 Å². The van der Waals surface area contributed by atoms with E-state index in [9.17, 15) is 4.79 Å². The van der Waals surface area contributed by atoms with E-state index in [4.69, 9.17) is 11.6 Å². The molecule has 0 saturated carbocycles. The monoisotopic (exact) mass is 292 g/mol. The van der Waals surface area contributed by atoms with Crippen LogP contribution in [0.4, 0.5) is 0 Å². The van der Waals surface area contributed by atoms with Crippen molar-refractivity contribution in [2.45, 2.75) is 31.7 Å². The summed E-state index contributed by atoms with van der Waals surface area (Å²) in [6.45, 7) is 2.37. The van der Waals surface area contributed by atoms with E-state index >= 15 is 0 Å². The number of hydrogen-bond donors (Lipinski definition) is 0. The Hall–Kier alpha value is -1.62. The van der Waals surface area contributed by atoms with Gasteiger partial charge in [-0.3, -0.25) is 4.79 Å². The van der Waals surface area contributed by atoms with Gasteiger partial charge in [-0.05, 0) is 25.0 Å². The van der Waals surface area contributed by atoms with Gasteiger partial charge in [-0.1, -0.05) is 0 Å². The molecule has 1 amide bonds. The van der Waals surface area contributed by atoms with Gasteiger partial charge in [-0.15, -0.1) is 11.6 Å². The molecule has 1 saturated heterocycles. The molecule has 0 N–H and O–H groups in total. The molecule has 1 fully saturated rings. The summed E-state index contributed by atoms with van der Waals surface area (Å²) in [5, 5.41) is 0. The number of amides is 1. The van der Waals surface area contributed by atoms with Crippen LogP contribution >= 0.6 is 11.6 Å². The zero-order valence-electron chi connectivity index (χ0n) is 11.3. The number of halogens is 1. The number of rotatable bonds is 4. The fourth-order valence-electron chi connectivity index (χ4n) is 2.67. The van der Waals surface area contributed by atoms with Gasteiger partial charge in [0.05, 0.1) is 5.88 Å². The fourth-order valence-corrected chi connectivity index (χ4v) is 2.88. The molecule has 5 nitrogen and oxygen atoms in total.